The standard InChI is InChI=1S/C29H35Cl2N3O3/c1-18-10-19(2)12-21(11-18)29(36)33-8-9-34(27(16-33)20-4-7-25(30)26(31)13-20)28(35)17-37-24-14-22-5-6-23(15-24)32(22)3/h4,7,10-13,22-24,27H,5-6,8-9,14-17H2,1-3H3. The van der Waals surface area contributed by atoms with Gasteiger partial charge in [-0.2, -0.15) is 0 Å². The molecule has 0 aromatic heterocycles. The number of halogens is 2. The van der Waals surface area contributed by atoms with Gasteiger partial charge in [0.05, 0.1) is 22.2 Å². The number of carbonyl (C=O) groups excluding carboxylic acids is 2. The molecule has 3 saturated heterocycles. The van der Waals surface area contributed by atoms with E-state index in [4.69, 9.17) is 27.9 Å². The Kier molecular flexibility index (Phi) is 7.83. The Labute approximate surface area is 229 Å². The summed E-state index contributed by atoms with van der Waals surface area (Å²) in [7, 11) is 2.20. The summed E-state index contributed by atoms with van der Waals surface area (Å²) in [6.45, 7) is 5.32. The maximum atomic E-state index is 13.5. The highest BCUT2D eigenvalue weighted by molar-refractivity contribution is 6.42. The lowest BCUT2D eigenvalue weighted by molar-refractivity contribution is -0.144. The number of piperazine rings is 1. The summed E-state index contributed by atoms with van der Waals surface area (Å²) in [5.74, 6) is -0.0807. The smallest absolute Gasteiger partial charge is 0.254 e. The molecule has 8 heteroatoms. The van der Waals surface area contributed by atoms with E-state index in [2.05, 4.69) is 18.0 Å². The van der Waals surface area contributed by atoms with Crippen molar-refractivity contribution in [1.82, 2.24) is 14.7 Å². The first-order valence-corrected chi connectivity index (χ1v) is 13.9. The van der Waals surface area contributed by atoms with Crippen molar-refractivity contribution in [3.05, 3.63) is 68.7 Å². The molecule has 3 unspecified atom stereocenters. The predicted molar refractivity (Wildman–Crippen MR) is 146 cm³/mol. The number of rotatable bonds is 5. The molecule has 0 N–H and O–H groups in total. The number of hydrogen-bond donors (Lipinski definition) is 0. The number of aryl methyl sites for hydroxylation is 2. The second kappa shape index (κ2) is 10.9. The minimum absolute atomic E-state index is 0.0259. The Balaban J connectivity index is 1.32. The van der Waals surface area contributed by atoms with Crippen LogP contribution in [-0.2, 0) is 9.53 Å². The Morgan fingerprint density at radius 2 is 1.62 bits per heavy atom. The first kappa shape index (κ1) is 26.5. The second-order valence-electron chi connectivity index (χ2n) is 10.9. The summed E-state index contributed by atoms with van der Waals surface area (Å²) in [5, 5.41) is 0.893. The normalized spacial score (nSPS) is 26.0. The average molecular weight is 545 g/mol. The second-order valence-corrected chi connectivity index (χ2v) is 11.7. The van der Waals surface area contributed by atoms with Gasteiger partial charge < -0.3 is 19.4 Å². The average Bonchev–Trinajstić information content (AvgIpc) is 3.07. The van der Waals surface area contributed by atoms with Gasteiger partial charge in [-0.1, -0.05) is 46.5 Å². The molecule has 2 aromatic carbocycles. The molecule has 0 saturated carbocycles. The minimum atomic E-state index is -0.330. The van der Waals surface area contributed by atoms with Crippen LogP contribution in [0.4, 0.5) is 0 Å². The highest BCUT2D eigenvalue weighted by Gasteiger charge is 2.40. The number of ether oxygens (including phenoxy) is 1. The van der Waals surface area contributed by atoms with Crippen molar-refractivity contribution in [2.45, 2.75) is 63.8 Å². The van der Waals surface area contributed by atoms with E-state index in [1.54, 1.807) is 12.1 Å². The molecule has 3 aliphatic rings. The lowest BCUT2D eigenvalue weighted by Crippen LogP contribution is -2.53. The summed E-state index contributed by atoms with van der Waals surface area (Å²) in [5.41, 5.74) is 3.64. The monoisotopic (exact) mass is 543 g/mol. The van der Waals surface area contributed by atoms with E-state index in [1.807, 2.05) is 41.8 Å². The van der Waals surface area contributed by atoms with Crippen LogP contribution in [0.3, 0.4) is 0 Å². The topological polar surface area (TPSA) is 53.1 Å². The molecule has 3 heterocycles. The van der Waals surface area contributed by atoms with Gasteiger partial charge in [-0.3, -0.25) is 9.59 Å². The Morgan fingerprint density at radius 3 is 2.27 bits per heavy atom. The van der Waals surface area contributed by atoms with Crippen LogP contribution in [-0.4, -0.2) is 78.0 Å². The molecule has 3 fully saturated rings. The van der Waals surface area contributed by atoms with Crippen LogP contribution in [0.25, 0.3) is 0 Å². The van der Waals surface area contributed by atoms with Crippen LogP contribution in [0.2, 0.25) is 10.0 Å². The molecule has 2 bridgehead atoms. The molecule has 0 aliphatic carbocycles. The van der Waals surface area contributed by atoms with Crippen molar-refractivity contribution in [2.75, 3.05) is 33.3 Å². The number of piperidine rings is 1. The van der Waals surface area contributed by atoms with Crippen LogP contribution in [0.15, 0.2) is 36.4 Å². The lowest BCUT2D eigenvalue weighted by Gasteiger charge is -2.42. The van der Waals surface area contributed by atoms with Crippen molar-refractivity contribution >= 4 is 35.0 Å². The van der Waals surface area contributed by atoms with E-state index in [-0.39, 0.29) is 30.6 Å². The predicted octanol–water partition coefficient (Wildman–Crippen LogP) is 5.28. The first-order valence-electron chi connectivity index (χ1n) is 13.1. The van der Waals surface area contributed by atoms with Gasteiger partial charge in [-0.25, -0.2) is 0 Å². The molecular weight excluding hydrogens is 509 g/mol. The van der Waals surface area contributed by atoms with Gasteiger partial charge in [0, 0.05) is 37.3 Å². The third-order valence-corrected chi connectivity index (χ3v) is 9.02. The molecule has 0 spiro atoms. The first-order chi connectivity index (χ1) is 17.7. The molecule has 2 amide bonds. The van der Waals surface area contributed by atoms with E-state index in [0.717, 1.165) is 29.5 Å². The Morgan fingerprint density at radius 1 is 0.946 bits per heavy atom. The Bertz CT molecular complexity index is 1150. The molecule has 3 aliphatic heterocycles. The summed E-state index contributed by atoms with van der Waals surface area (Å²) in [6, 6.07) is 12.1. The summed E-state index contributed by atoms with van der Waals surface area (Å²) >= 11 is 12.5. The van der Waals surface area contributed by atoms with E-state index in [0.29, 0.717) is 47.3 Å². The maximum absolute atomic E-state index is 13.5. The largest absolute Gasteiger partial charge is 0.368 e. The molecule has 2 aromatic rings. The zero-order valence-electron chi connectivity index (χ0n) is 21.8. The third-order valence-electron chi connectivity index (χ3n) is 8.28. The van der Waals surface area contributed by atoms with Crippen molar-refractivity contribution < 1.29 is 14.3 Å². The van der Waals surface area contributed by atoms with E-state index in [1.165, 1.54) is 12.8 Å². The molecule has 37 heavy (non-hydrogen) atoms. The maximum Gasteiger partial charge on any atom is 0.254 e. The van der Waals surface area contributed by atoms with Gasteiger partial charge in [0.15, 0.2) is 0 Å². The molecule has 198 valence electrons. The fourth-order valence-corrected chi connectivity index (χ4v) is 6.63. The number of amides is 2. The van der Waals surface area contributed by atoms with Crippen molar-refractivity contribution in [3.8, 4) is 0 Å². The van der Waals surface area contributed by atoms with Crippen LogP contribution in [0.1, 0.15) is 58.8 Å². The fourth-order valence-electron chi connectivity index (χ4n) is 6.32. The summed E-state index contributed by atoms with van der Waals surface area (Å²) in [4.78, 5) is 33.1. The van der Waals surface area contributed by atoms with Crippen LogP contribution in [0.5, 0.6) is 0 Å². The SMILES string of the molecule is Cc1cc(C)cc(C(=O)N2CCN(C(=O)COC3CC4CCC(C3)N4C)C(c3ccc(Cl)c(Cl)c3)C2)c1. The molecule has 3 atom stereocenters. The lowest BCUT2D eigenvalue weighted by atomic mass is 10.00. The Hall–Kier alpha value is -2.12. The van der Waals surface area contributed by atoms with Crippen LogP contribution in [0, 0.1) is 13.8 Å². The van der Waals surface area contributed by atoms with Crippen LogP contribution >= 0.6 is 23.2 Å². The number of benzene rings is 2. The van der Waals surface area contributed by atoms with Crippen molar-refractivity contribution in [1.29, 1.82) is 0 Å². The summed E-state index contributed by atoms with van der Waals surface area (Å²) < 4.78 is 6.18. The quantitative estimate of drug-likeness (QED) is 0.514. The molecule has 6 nitrogen and oxygen atoms in total. The van der Waals surface area contributed by atoms with Crippen molar-refractivity contribution in [2.24, 2.45) is 0 Å². The fraction of sp³-hybridized carbons (Fsp3) is 0.517. The zero-order chi connectivity index (χ0) is 26.3. The van der Waals surface area contributed by atoms with E-state index >= 15 is 0 Å². The third kappa shape index (κ3) is 5.68. The number of nitrogens with zero attached hydrogens (tertiary/aromatic N) is 3. The van der Waals surface area contributed by atoms with Gasteiger partial charge >= 0.3 is 0 Å². The molecule has 5 rings (SSSR count). The highest BCUT2D eigenvalue weighted by Crippen LogP contribution is 2.36. The van der Waals surface area contributed by atoms with Gasteiger partial charge in [0.2, 0.25) is 5.91 Å². The van der Waals surface area contributed by atoms with Gasteiger partial charge in [0.25, 0.3) is 5.91 Å². The van der Waals surface area contributed by atoms with Crippen molar-refractivity contribution in [3.63, 3.8) is 0 Å². The van der Waals surface area contributed by atoms with E-state index < -0.39 is 0 Å². The van der Waals surface area contributed by atoms with Crippen LogP contribution < -0.4 is 0 Å². The number of hydrogen-bond acceptors (Lipinski definition) is 4. The van der Waals surface area contributed by atoms with Gasteiger partial charge in [-0.15, -0.1) is 0 Å². The van der Waals surface area contributed by atoms with Gasteiger partial charge in [0.1, 0.15) is 6.61 Å². The molecular formula is C29H35Cl2N3O3. The minimum Gasteiger partial charge on any atom is -0.368 e. The number of fused-ring (bicyclic) bond motifs is 2. The molecule has 0 radical (unpaired) electrons. The number of carbonyl (C=O) groups is 2. The van der Waals surface area contributed by atoms with Gasteiger partial charge in [-0.05, 0) is 76.4 Å². The highest BCUT2D eigenvalue weighted by atomic mass is 35.5. The van der Waals surface area contributed by atoms with E-state index in [9.17, 15) is 9.59 Å². The zero-order valence-corrected chi connectivity index (χ0v) is 23.3. The summed E-state index contributed by atoms with van der Waals surface area (Å²) in [6.07, 6.45) is 4.51.